The monoisotopic (exact) mass is 542 g/mol. The molecule has 1 amide bonds. The number of carbonyl (C=O) groups excluding carboxylic acids is 1. The SMILES string of the molecule is N#Cc1nccc(NC2CCN(Cc3ccc(-c4nc5[nH+]cc(C(N)=O)cc5nc4-c4ccccc4)cc3)CC2)n1. The number of nitrogens with zero attached hydrogens (tertiary/aromatic N) is 6. The molecule has 41 heavy (non-hydrogen) atoms. The fraction of sp³-hybridized carbons (Fsp3) is 0.194. The summed E-state index contributed by atoms with van der Waals surface area (Å²) in [6.45, 7) is 2.79. The summed E-state index contributed by atoms with van der Waals surface area (Å²) in [5, 5.41) is 12.5. The second kappa shape index (κ2) is 11.5. The third-order valence-corrected chi connectivity index (χ3v) is 7.24. The Morgan fingerprint density at radius 1 is 1.00 bits per heavy atom. The van der Waals surface area contributed by atoms with E-state index in [1.165, 1.54) is 5.56 Å². The number of piperidine rings is 1. The number of hydrogen-bond donors (Lipinski definition) is 2. The molecule has 1 aliphatic heterocycles. The number of aromatic amines is 1. The highest BCUT2D eigenvalue weighted by molar-refractivity contribution is 5.95. The molecule has 5 aromatic rings. The van der Waals surface area contributed by atoms with Gasteiger partial charge in [0.25, 0.3) is 5.91 Å². The van der Waals surface area contributed by atoms with Crippen molar-refractivity contribution in [3.8, 4) is 28.6 Å². The van der Waals surface area contributed by atoms with Gasteiger partial charge in [-0.05, 0) is 35.5 Å². The Morgan fingerprint density at radius 3 is 2.46 bits per heavy atom. The lowest BCUT2D eigenvalue weighted by atomic mass is 10.0. The highest BCUT2D eigenvalue weighted by Gasteiger charge is 2.22. The van der Waals surface area contributed by atoms with Gasteiger partial charge in [-0.25, -0.2) is 19.9 Å². The van der Waals surface area contributed by atoms with Crippen LogP contribution in [0.15, 0.2) is 79.1 Å². The van der Waals surface area contributed by atoms with Gasteiger partial charge in [0.1, 0.15) is 23.8 Å². The summed E-state index contributed by atoms with van der Waals surface area (Å²) in [6.07, 6.45) is 5.15. The molecule has 1 aliphatic rings. The van der Waals surface area contributed by atoms with Crippen LogP contribution < -0.4 is 16.0 Å². The van der Waals surface area contributed by atoms with Gasteiger partial charge < -0.3 is 11.1 Å². The van der Waals surface area contributed by atoms with Crippen molar-refractivity contribution in [2.45, 2.75) is 25.4 Å². The van der Waals surface area contributed by atoms with E-state index in [2.05, 4.69) is 49.4 Å². The molecule has 3 aromatic heterocycles. The third-order valence-electron chi connectivity index (χ3n) is 7.24. The first-order valence-corrected chi connectivity index (χ1v) is 13.5. The van der Waals surface area contributed by atoms with E-state index in [0.717, 1.165) is 55.0 Å². The molecule has 4 heterocycles. The van der Waals surface area contributed by atoms with Gasteiger partial charge in [-0.3, -0.25) is 9.69 Å². The van der Waals surface area contributed by atoms with Crippen LogP contribution in [0, 0.1) is 11.3 Å². The first kappa shape index (κ1) is 26.0. The number of H-pyrrole nitrogens is 1. The molecule has 2 aromatic carbocycles. The van der Waals surface area contributed by atoms with Crippen LogP contribution in [0.4, 0.5) is 5.82 Å². The molecule has 1 saturated heterocycles. The molecule has 0 spiro atoms. The fourth-order valence-corrected chi connectivity index (χ4v) is 5.09. The zero-order chi connectivity index (χ0) is 28.2. The summed E-state index contributed by atoms with van der Waals surface area (Å²) in [4.78, 5) is 35.2. The van der Waals surface area contributed by atoms with Gasteiger partial charge in [-0.1, -0.05) is 54.6 Å². The van der Waals surface area contributed by atoms with Gasteiger partial charge >= 0.3 is 5.65 Å². The van der Waals surface area contributed by atoms with Crippen LogP contribution in [0.1, 0.15) is 34.6 Å². The summed E-state index contributed by atoms with van der Waals surface area (Å²) < 4.78 is 0. The van der Waals surface area contributed by atoms with Crippen molar-refractivity contribution in [3.05, 3.63) is 96.1 Å². The topological polar surface area (TPSA) is 148 Å². The van der Waals surface area contributed by atoms with Crippen LogP contribution in [0.2, 0.25) is 0 Å². The molecule has 1 fully saturated rings. The van der Waals surface area contributed by atoms with E-state index < -0.39 is 5.91 Å². The van der Waals surface area contributed by atoms with Gasteiger partial charge in [0.2, 0.25) is 11.5 Å². The molecule has 0 atom stereocenters. The van der Waals surface area contributed by atoms with Gasteiger partial charge in [-0.2, -0.15) is 5.26 Å². The molecular weight excluding hydrogens is 514 g/mol. The maximum Gasteiger partial charge on any atom is 0.347 e. The smallest absolute Gasteiger partial charge is 0.347 e. The molecule has 10 heteroatoms. The number of hydrogen-bond acceptors (Lipinski definition) is 8. The number of nitriles is 1. The van der Waals surface area contributed by atoms with Crippen molar-refractivity contribution in [1.29, 1.82) is 5.26 Å². The predicted octanol–water partition coefficient (Wildman–Crippen LogP) is 3.61. The number of benzene rings is 2. The van der Waals surface area contributed by atoms with Crippen LogP contribution in [0.3, 0.4) is 0 Å². The Bertz CT molecular complexity index is 1740. The Labute approximate surface area is 236 Å². The second-order valence-corrected chi connectivity index (χ2v) is 10.0. The minimum absolute atomic E-state index is 0.178. The molecule has 0 unspecified atom stereocenters. The van der Waals surface area contributed by atoms with Crippen molar-refractivity contribution in [2.75, 3.05) is 18.4 Å². The van der Waals surface area contributed by atoms with E-state index >= 15 is 0 Å². The number of fused-ring (bicyclic) bond motifs is 1. The number of nitrogens with one attached hydrogen (secondary N) is 2. The molecule has 0 radical (unpaired) electrons. The van der Waals surface area contributed by atoms with E-state index in [4.69, 9.17) is 21.0 Å². The maximum absolute atomic E-state index is 11.7. The van der Waals surface area contributed by atoms with Crippen LogP contribution in [-0.2, 0) is 6.54 Å². The van der Waals surface area contributed by atoms with Crippen molar-refractivity contribution < 1.29 is 9.78 Å². The summed E-state index contributed by atoms with van der Waals surface area (Å²) in [5.74, 6) is 0.353. The molecule has 202 valence electrons. The molecule has 6 rings (SSSR count). The van der Waals surface area contributed by atoms with Crippen LogP contribution >= 0.6 is 0 Å². The Hall–Kier alpha value is -5.27. The molecule has 0 saturated carbocycles. The van der Waals surface area contributed by atoms with E-state index in [1.54, 1.807) is 24.5 Å². The Balaban J connectivity index is 1.18. The number of carbonyl (C=O) groups is 1. The van der Waals surface area contributed by atoms with Crippen LogP contribution in [0.5, 0.6) is 0 Å². The largest absolute Gasteiger partial charge is 0.367 e. The summed E-state index contributed by atoms with van der Waals surface area (Å²) in [5.41, 5.74) is 11.6. The lowest BCUT2D eigenvalue weighted by Gasteiger charge is -2.32. The van der Waals surface area contributed by atoms with Crippen molar-refractivity contribution in [3.63, 3.8) is 0 Å². The minimum Gasteiger partial charge on any atom is -0.367 e. The first-order chi connectivity index (χ1) is 20.1. The number of rotatable bonds is 7. The Morgan fingerprint density at radius 2 is 1.73 bits per heavy atom. The number of pyridine rings is 1. The molecule has 0 bridgehead atoms. The first-order valence-electron chi connectivity index (χ1n) is 13.5. The van der Waals surface area contributed by atoms with Crippen LogP contribution in [0.25, 0.3) is 33.7 Å². The highest BCUT2D eigenvalue weighted by Crippen LogP contribution is 2.31. The fourth-order valence-electron chi connectivity index (χ4n) is 5.09. The average molecular weight is 543 g/mol. The minimum atomic E-state index is -0.522. The lowest BCUT2D eigenvalue weighted by Crippen LogP contribution is -2.38. The summed E-state index contributed by atoms with van der Waals surface area (Å²) in [7, 11) is 0. The quantitative estimate of drug-likeness (QED) is 0.317. The normalized spacial score (nSPS) is 14.0. The highest BCUT2D eigenvalue weighted by atomic mass is 16.1. The average Bonchev–Trinajstić information content (AvgIpc) is 3.02. The number of aromatic nitrogens is 5. The molecule has 10 nitrogen and oxygen atoms in total. The molecule has 0 aliphatic carbocycles. The van der Waals surface area contributed by atoms with E-state index in [0.29, 0.717) is 28.6 Å². The zero-order valence-corrected chi connectivity index (χ0v) is 22.3. The van der Waals surface area contributed by atoms with Gasteiger partial charge in [-0.15, -0.1) is 0 Å². The summed E-state index contributed by atoms with van der Waals surface area (Å²) in [6, 6.07) is 24.1. The van der Waals surface area contributed by atoms with E-state index in [-0.39, 0.29) is 5.82 Å². The van der Waals surface area contributed by atoms with Crippen LogP contribution in [-0.4, -0.2) is 49.9 Å². The summed E-state index contributed by atoms with van der Waals surface area (Å²) >= 11 is 0. The standard InChI is InChI=1S/C31H27N9O/c32-17-27-34-13-10-26(38-27)36-24-11-14-40(15-12-24)19-20-6-8-22(9-7-20)29-28(21-4-2-1-3-5-21)37-25-16-23(30(33)41)18-35-31(25)39-29/h1-10,13,16,18,24H,11-12,14-15,19H2,(H2,33,41)(H,34,36,38)/p+1. The van der Waals surface area contributed by atoms with Crippen molar-refractivity contribution >= 4 is 22.9 Å². The lowest BCUT2D eigenvalue weighted by molar-refractivity contribution is -0.347. The van der Waals surface area contributed by atoms with E-state index in [1.807, 2.05) is 36.4 Å². The second-order valence-electron chi connectivity index (χ2n) is 10.0. The number of nitrogens with two attached hydrogens (primary N) is 1. The van der Waals surface area contributed by atoms with Crippen molar-refractivity contribution in [1.82, 2.24) is 24.8 Å². The predicted molar refractivity (Wildman–Crippen MR) is 154 cm³/mol. The molecule has 4 N–H and O–H groups in total. The zero-order valence-electron chi connectivity index (χ0n) is 22.3. The number of likely N-dealkylation sites (tertiary alicyclic amines) is 1. The van der Waals surface area contributed by atoms with Gasteiger partial charge in [0, 0.05) is 43.0 Å². The van der Waals surface area contributed by atoms with Gasteiger partial charge in [0.15, 0.2) is 5.52 Å². The van der Waals surface area contributed by atoms with E-state index in [9.17, 15) is 4.79 Å². The maximum atomic E-state index is 11.7. The number of primary amides is 1. The van der Waals surface area contributed by atoms with Gasteiger partial charge in [0.05, 0.1) is 5.56 Å². The van der Waals surface area contributed by atoms with Crippen molar-refractivity contribution in [2.24, 2.45) is 5.73 Å². The molecular formula is C31H28N9O+. The Kier molecular flexibility index (Phi) is 7.26. The number of amides is 1. The third kappa shape index (κ3) is 5.85. The number of anilines is 1.